The van der Waals surface area contributed by atoms with E-state index in [4.69, 9.17) is 10.2 Å². The molecule has 8 heteroatoms. The normalized spacial score (nSPS) is 15.7. The highest BCUT2D eigenvalue weighted by Crippen LogP contribution is 2.18. The highest BCUT2D eigenvalue weighted by molar-refractivity contribution is 7.82. The number of nitrogens with one attached hydrogen (secondary N) is 2. The van der Waals surface area contributed by atoms with E-state index in [1.807, 2.05) is 0 Å². The molecule has 2 atom stereocenters. The Balaban J connectivity index is 4.37. The standard InChI is InChI=1S/C12H24N2O4S2/c1-11(2,19)7(9(15)16)13-5-6-14-8(10(17)18)12(3,4)20/h7-8,13-14,19-20H,5-6H2,1-4H3,(H,15,16)(H,17,18)/t7-,8-/m1/s1. The summed E-state index contributed by atoms with van der Waals surface area (Å²) < 4.78 is -1.44. The van der Waals surface area contributed by atoms with Crippen molar-refractivity contribution in [3.05, 3.63) is 0 Å². The maximum absolute atomic E-state index is 11.1. The molecule has 0 bridgehead atoms. The highest BCUT2D eigenvalue weighted by atomic mass is 32.1. The second-order valence-electron chi connectivity index (χ2n) is 5.76. The molecule has 0 aliphatic rings. The van der Waals surface area contributed by atoms with Gasteiger partial charge in [-0.05, 0) is 27.7 Å². The van der Waals surface area contributed by atoms with Crippen molar-refractivity contribution < 1.29 is 19.8 Å². The molecule has 0 aromatic rings. The molecule has 0 aliphatic carbocycles. The summed E-state index contributed by atoms with van der Waals surface area (Å²) in [4.78, 5) is 22.2. The van der Waals surface area contributed by atoms with Crippen molar-refractivity contribution in [2.24, 2.45) is 0 Å². The SMILES string of the molecule is CC(C)(S)[C@H](NCCN[C@H](C(=O)O)C(C)(C)S)C(=O)O. The lowest BCUT2D eigenvalue weighted by molar-refractivity contribution is -0.141. The minimum atomic E-state index is -0.991. The van der Waals surface area contributed by atoms with E-state index in [-0.39, 0.29) is 0 Å². The maximum Gasteiger partial charge on any atom is 0.322 e. The molecule has 6 nitrogen and oxygen atoms in total. The molecule has 0 aromatic carbocycles. The fourth-order valence-corrected chi connectivity index (χ4v) is 2.11. The van der Waals surface area contributed by atoms with Crippen molar-refractivity contribution in [2.45, 2.75) is 49.3 Å². The largest absolute Gasteiger partial charge is 0.480 e. The number of thiol groups is 2. The predicted octanol–water partition coefficient (Wildman–Crippen LogP) is 0.489. The van der Waals surface area contributed by atoms with Crippen molar-refractivity contribution in [1.82, 2.24) is 10.6 Å². The van der Waals surface area contributed by atoms with Crippen LogP contribution in [0, 0.1) is 0 Å². The Kier molecular flexibility index (Phi) is 7.37. The van der Waals surface area contributed by atoms with E-state index in [9.17, 15) is 9.59 Å². The first-order valence-corrected chi connectivity index (χ1v) is 7.14. The summed E-state index contributed by atoms with van der Waals surface area (Å²) in [5, 5.41) is 23.9. The average Bonchev–Trinajstić information content (AvgIpc) is 2.17. The van der Waals surface area contributed by atoms with E-state index >= 15 is 0 Å². The lowest BCUT2D eigenvalue weighted by atomic mass is 10.0. The van der Waals surface area contributed by atoms with Crippen LogP contribution in [0.4, 0.5) is 0 Å². The van der Waals surface area contributed by atoms with Crippen LogP contribution in [-0.4, -0.2) is 56.8 Å². The van der Waals surface area contributed by atoms with E-state index < -0.39 is 33.5 Å². The van der Waals surface area contributed by atoms with Gasteiger partial charge in [0.05, 0.1) is 0 Å². The quantitative estimate of drug-likeness (QED) is 0.273. The third-order valence-corrected chi connectivity index (χ3v) is 3.25. The Morgan fingerprint density at radius 1 is 0.900 bits per heavy atom. The number of carbonyl (C=O) groups is 2. The van der Waals surface area contributed by atoms with Gasteiger partial charge in [0.2, 0.25) is 0 Å². The second-order valence-corrected chi connectivity index (χ2v) is 8.06. The second kappa shape index (κ2) is 7.53. The van der Waals surface area contributed by atoms with Crippen LogP contribution in [-0.2, 0) is 9.59 Å². The van der Waals surface area contributed by atoms with Crippen LogP contribution in [0.25, 0.3) is 0 Å². The van der Waals surface area contributed by atoms with Gasteiger partial charge >= 0.3 is 11.9 Å². The first-order valence-electron chi connectivity index (χ1n) is 6.24. The van der Waals surface area contributed by atoms with Crippen LogP contribution in [0.3, 0.4) is 0 Å². The van der Waals surface area contributed by atoms with E-state index in [1.165, 1.54) is 0 Å². The molecule has 0 unspecified atom stereocenters. The van der Waals surface area contributed by atoms with Crippen LogP contribution in [0.2, 0.25) is 0 Å². The molecule has 0 aromatic heterocycles. The van der Waals surface area contributed by atoms with E-state index in [0.717, 1.165) is 0 Å². The Morgan fingerprint density at radius 2 is 1.15 bits per heavy atom. The molecule has 118 valence electrons. The molecule has 0 heterocycles. The van der Waals surface area contributed by atoms with Crippen molar-refractivity contribution >= 4 is 37.2 Å². The van der Waals surface area contributed by atoms with Crippen molar-refractivity contribution in [3.8, 4) is 0 Å². The average molecular weight is 324 g/mol. The molecule has 0 aliphatic heterocycles. The van der Waals surface area contributed by atoms with Gasteiger partial charge in [-0.3, -0.25) is 9.59 Å². The van der Waals surface area contributed by atoms with Crippen LogP contribution in [0.1, 0.15) is 27.7 Å². The Bertz CT molecular complexity index is 316. The molecular weight excluding hydrogens is 300 g/mol. The summed E-state index contributed by atoms with van der Waals surface area (Å²) in [6.07, 6.45) is 0. The summed E-state index contributed by atoms with van der Waals surface area (Å²) >= 11 is 8.48. The summed E-state index contributed by atoms with van der Waals surface area (Å²) in [5.41, 5.74) is 0. The van der Waals surface area contributed by atoms with Gasteiger partial charge in [0.15, 0.2) is 0 Å². The van der Waals surface area contributed by atoms with Gasteiger partial charge in [-0.1, -0.05) is 0 Å². The minimum absolute atomic E-state index is 0.314. The minimum Gasteiger partial charge on any atom is -0.480 e. The molecule has 0 saturated carbocycles. The first kappa shape index (κ1) is 19.6. The third kappa shape index (κ3) is 6.83. The van der Waals surface area contributed by atoms with Gasteiger partial charge in [-0.25, -0.2) is 0 Å². The molecule has 0 rings (SSSR count). The van der Waals surface area contributed by atoms with Gasteiger partial charge < -0.3 is 20.8 Å². The monoisotopic (exact) mass is 324 g/mol. The third-order valence-electron chi connectivity index (χ3n) is 2.73. The molecule has 0 spiro atoms. The fourth-order valence-electron chi connectivity index (χ4n) is 1.71. The lowest BCUT2D eigenvalue weighted by Crippen LogP contribution is -2.54. The van der Waals surface area contributed by atoms with Crippen molar-refractivity contribution in [3.63, 3.8) is 0 Å². The Morgan fingerprint density at radius 3 is 1.30 bits per heavy atom. The van der Waals surface area contributed by atoms with Crippen LogP contribution in [0.5, 0.6) is 0 Å². The van der Waals surface area contributed by atoms with E-state index in [0.29, 0.717) is 13.1 Å². The maximum atomic E-state index is 11.1. The smallest absolute Gasteiger partial charge is 0.322 e. The molecule has 0 radical (unpaired) electrons. The van der Waals surface area contributed by atoms with Gasteiger partial charge in [0.25, 0.3) is 0 Å². The number of hydrogen-bond donors (Lipinski definition) is 6. The van der Waals surface area contributed by atoms with Crippen LogP contribution < -0.4 is 10.6 Å². The van der Waals surface area contributed by atoms with E-state index in [1.54, 1.807) is 27.7 Å². The topological polar surface area (TPSA) is 98.7 Å². The zero-order valence-corrected chi connectivity index (χ0v) is 14.0. The Labute approximate surface area is 130 Å². The number of carboxylic acid groups (broad SMARTS) is 2. The van der Waals surface area contributed by atoms with Gasteiger partial charge in [0, 0.05) is 22.6 Å². The molecule has 4 N–H and O–H groups in total. The fraction of sp³-hybridized carbons (Fsp3) is 0.833. The Hall–Kier alpha value is -0.440. The van der Waals surface area contributed by atoms with Crippen LogP contribution in [0.15, 0.2) is 0 Å². The lowest BCUT2D eigenvalue weighted by Gasteiger charge is -2.29. The summed E-state index contributed by atoms with van der Waals surface area (Å²) in [6, 6.07) is -1.64. The molecule has 0 fully saturated rings. The highest BCUT2D eigenvalue weighted by Gasteiger charge is 2.33. The summed E-state index contributed by atoms with van der Waals surface area (Å²) in [5.74, 6) is -1.98. The number of hydrogen-bond acceptors (Lipinski definition) is 6. The van der Waals surface area contributed by atoms with E-state index in [2.05, 4.69) is 35.9 Å². The van der Waals surface area contributed by atoms with Crippen molar-refractivity contribution in [2.75, 3.05) is 13.1 Å². The molecule has 0 amide bonds. The van der Waals surface area contributed by atoms with Gasteiger partial charge in [-0.2, -0.15) is 25.3 Å². The van der Waals surface area contributed by atoms with Crippen LogP contribution >= 0.6 is 25.3 Å². The first-order chi connectivity index (χ1) is 8.87. The zero-order chi connectivity index (χ0) is 16.1. The van der Waals surface area contributed by atoms with Gasteiger partial charge in [-0.15, -0.1) is 0 Å². The number of rotatable bonds is 9. The van der Waals surface area contributed by atoms with Crippen molar-refractivity contribution in [1.29, 1.82) is 0 Å². The number of aliphatic carboxylic acids is 2. The molecular formula is C12H24N2O4S2. The van der Waals surface area contributed by atoms with Gasteiger partial charge in [0.1, 0.15) is 12.1 Å². The summed E-state index contributed by atoms with van der Waals surface area (Å²) in [7, 11) is 0. The zero-order valence-electron chi connectivity index (χ0n) is 12.2. The summed E-state index contributed by atoms with van der Waals surface area (Å²) in [6.45, 7) is 7.43. The predicted molar refractivity (Wildman–Crippen MR) is 85.0 cm³/mol. The molecule has 20 heavy (non-hydrogen) atoms. The molecule has 0 saturated heterocycles. The number of carboxylic acids is 2.